The molecule has 108 valence electrons. The van der Waals surface area contributed by atoms with Crippen molar-refractivity contribution in [1.82, 2.24) is 20.4 Å². The quantitative estimate of drug-likeness (QED) is 0.252. The van der Waals surface area contributed by atoms with Gasteiger partial charge in [0, 0.05) is 13.1 Å². The van der Waals surface area contributed by atoms with Gasteiger partial charge in [-0.25, -0.2) is 22.8 Å². The number of sulfonamides is 1. The zero-order chi connectivity index (χ0) is 14.3. The third-order valence-corrected chi connectivity index (χ3v) is 2.71. The topological polar surface area (TPSA) is 156 Å². The monoisotopic (exact) mass is 292 g/mol. The van der Waals surface area contributed by atoms with Gasteiger partial charge in [-0.1, -0.05) is 0 Å². The molecule has 5 N–H and O–H groups in total. The summed E-state index contributed by atoms with van der Waals surface area (Å²) in [4.78, 5) is 3.75. The number of aromatic nitrogens is 2. The SMILES string of the molecule is CS(=O)(=O)NCCCN/C(=N\CO)c1nonc1N. The number of hydrogen-bond acceptors (Lipinski definition) is 8. The third-order valence-electron chi connectivity index (χ3n) is 1.98. The lowest BCUT2D eigenvalue weighted by Gasteiger charge is -2.07. The van der Waals surface area contributed by atoms with Gasteiger partial charge in [0.05, 0.1) is 6.26 Å². The Morgan fingerprint density at radius 1 is 1.47 bits per heavy atom. The first-order valence-electron chi connectivity index (χ1n) is 5.36. The lowest BCUT2D eigenvalue weighted by Crippen LogP contribution is -2.30. The van der Waals surface area contributed by atoms with Gasteiger partial charge in [-0.3, -0.25) is 0 Å². The van der Waals surface area contributed by atoms with Gasteiger partial charge < -0.3 is 16.2 Å². The number of aliphatic hydroxyl groups is 1. The van der Waals surface area contributed by atoms with Crippen molar-refractivity contribution in [3.05, 3.63) is 5.69 Å². The number of rotatable bonds is 7. The number of amidine groups is 1. The Balaban J connectivity index is 2.45. The second-order valence-corrected chi connectivity index (χ2v) is 5.43. The van der Waals surface area contributed by atoms with Gasteiger partial charge in [0.25, 0.3) is 0 Å². The van der Waals surface area contributed by atoms with Gasteiger partial charge in [0.15, 0.2) is 17.3 Å². The maximum absolute atomic E-state index is 10.8. The van der Waals surface area contributed by atoms with E-state index in [2.05, 4.69) is 30.0 Å². The lowest BCUT2D eigenvalue weighted by molar-refractivity contribution is 0.305. The highest BCUT2D eigenvalue weighted by atomic mass is 32.2. The molecule has 0 amide bonds. The summed E-state index contributed by atoms with van der Waals surface area (Å²) in [5.41, 5.74) is 5.70. The van der Waals surface area contributed by atoms with Gasteiger partial charge in [-0.2, -0.15) is 0 Å². The molecule has 1 aromatic rings. The Labute approximate surface area is 110 Å². The maximum atomic E-state index is 10.8. The summed E-state index contributed by atoms with van der Waals surface area (Å²) in [7, 11) is -3.19. The number of nitrogens with one attached hydrogen (secondary N) is 2. The molecule has 1 rings (SSSR count). The molecule has 0 aromatic carbocycles. The van der Waals surface area contributed by atoms with Crippen molar-refractivity contribution in [2.75, 3.05) is 31.8 Å². The van der Waals surface area contributed by atoms with Crippen LogP contribution in [0, 0.1) is 0 Å². The molecule has 10 nitrogen and oxygen atoms in total. The normalized spacial score (nSPS) is 12.6. The number of nitrogen functional groups attached to an aromatic ring is 1. The highest BCUT2D eigenvalue weighted by Crippen LogP contribution is 2.04. The molecule has 0 bridgehead atoms. The molecule has 0 aliphatic rings. The van der Waals surface area contributed by atoms with Crippen LogP contribution in [0.25, 0.3) is 0 Å². The van der Waals surface area contributed by atoms with Crippen LogP contribution in [0.2, 0.25) is 0 Å². The van der Waals surface area contributed by atoms with Crippen LogP contribution in [-0.4, -0.2) is 55.7 Å². The van der Waals surface area contributed by atoms with Crippen LogP contribution < -0.4 is 15.8 Å². The number of anilines is 1. The largest absolute Gasteiger partial charge is 0.379 e. The van der Waals surface area contributed by atoms with Crippen LogP contribution in [0.1, 0.15) is 12.1 Å². The van der Waals surface area contributed by atoms with E-state index in [0.29, 0.717) is 13.0 Å². The Morgan fingerprint density at radius 3 is 2.74 bits per heavy atom. The minimum atomic E-state index is -3.19. The van der Waals surface area contributed by atoms with Crippen LogP contribution in [0.15, 0.2) is 9.62 Å². The fourth-order valence-electron chi connectivity index (χ4n) is 1.20. The lowest BCUT2D eigenvalue weighted by atomic mass is 10.3. The fraction of sp³-hybridized carbons (Fsp3) is 0.625. The molecule has 0 fully saturated rings. The first-order chi connectivity index (χ1) is 8.94. The molecule has 0 aliphatic heterocycles. The number of aliphatic imine (C=N–C) groups is 1. The van der Waals surface area contributed by atoms with E-state index in [0.717, 1.165) is 6.26 Å². The van der Waals surface area contributed by atoms with Gasteiger partial charge >= 0.3 is 0 Å². The van der Waals surface area contributed by atoms with E-state index in [4.69, 9.17) is 10.8 Å². The van der Waals surface area contributed by atoms with Crippen molar-refractivity contribution in [2.24, 2.45) is 4.99 Å². The van der Waals surface area contributed by atoms with Crippen molar-refractivity contribution in [3.63, 3.8) is 0 Å². The Kier molecular flexibility index (Phi) is 5.66. The zero-order valence-corrected chi connectivity index (χ0v) is 11.1. The molecule has 0 spiro atoms. The summed E-state index contributed by atoms with van der Waals surface area (Å²) in [6.07, 6.45) is 1.60. The third kappa shape index (κ3) is 5.63. The summed E-state index contributed by atoms with van der Waals surface area (Å²) in [6.45, 7) is 0.245. The zero-order valence-electron chi connectivity index (χ0n) is 10.3. The smallest absolute Gasteiger partial charge is 0.208 e. The molecule has 0 radical (unpaired) electrons. The molecular formula is C8H16N6O4S. The molecule has 0 unspecified atom stereocenters. The average Bonchev–Trinajstić information content (AvgIpc) is 2.72. The number of nitrogens with zero attached hydrogens (tertiary/aromatic N) is 3. The predicted molar refractivity (Wildman–Crippen MR) is 67.8 cm³/mol. The molecule has 1 heterocycles. The molecule has 11 heteroatoms. The molecule has 0 saturated carbocycles. The highest BCUT2D eigenvalue weighted by Gasteiger charge is 2.13. The second-order valence-electron chi connectivity index (χ2n) is 3.59. The van der Waals surface area contributed by atoms with Crippen LogP contribution in [0.4, 0.5) is 5.82 Å². The predicted octanol–water partition coefficient (Wildman–Crippen LogP) is -2.12. The van der Waals surface area contributed by atoms with Crippen LogP contribution in [0.3, 0.4) is 0 Å². The van der Waals surface area contributed by atoms with Gasteiger partial charge in [-0.15, -0.1) is 0 Å². The highest BCUT2D eigenvalue weighted by molar-refractivity contribution is 7.88. The van der Waals surface area contributed by atoms with E-state index in [9.17, 15) is 8.42 Å². The van der Waals surface area contributed by atoms with Gasteiger partial charge in [0.1, 0.15) is 6.73 Å². The van der Waals surface area contributed by atoms with E-state index in [1.807, 2.05) is 0 Å². The summed E-state index contributed by atoms with van der Waals surface area (Å²) in [6, 6.07) is 0. The first-order valence-corrected chi connectivity index (χ1v) is 7.25. The molecule has 0 atom stereocenters. The fourth-order valence-corrected chi connectivity index (χ4v) is 1.71. The minimum absolute atomic E-state index is 0.0500. The van der Waals surface area contributed by atoms with E-state index >= 15 is 0 Å². The molecule has 1 aromatic heterocycles. The van der Waals surface area contributed by atoms with E-state index < -0.39 is 16.8 Å². The van der Waals surface area contributed by atoms with Gasteiger partial charge in [0.2, 0.25) is 10.0 Å². The Morgan fingerprint density at radius 2 is 2.21 bits per heavy atom. The first kappa shape index (κ1) is 15.3. The summed E-state index contributed by atoms with van der Waals surface area (Å²) < 4.78 is 28.4. The van der Waals surface area contributed by atoms with Crippen molar-refractivity contribution in [3.8, 4) is 0 Å². The number of hydrogen-bond donors (Lipinski definition) is 4. The van der Waals surface area contributed by atoms with Crippen molar-refractivity contribution in [1.29, 1.82) is 0 Å². The summed E-state index contributed by atoms with van der Waals surface area (Å²) in [5.74, 6) is 0.287. The average molecular weight is 292 g/mol. The molecule has 0 saturated heterocycles. The van der Waals surface area contributed by atoms with Crippen LogP contribution in [-0.2, 0) is 10.0 Å². The molecular weight excluding hydrogens is 276 g/mol. The summed E-state index contributed by atoms with van der Waals surface area (Å²) >= 11 is 0. The van der Waals surface area contributed by atoms with Crippen LogP contribution in [0.5, 0.6) is 0 Å². The standard InChI is InChI=1S/C8H16N6O4S/c1-19(16,17)12-4-2-3-10-8(11-5-15)6-7(9)14-18-13-6/h12,15H,2-5H2,1H3,(H2,9,14)(H,10,11). The number of aliphatic hydroxyl groups excluding tert-OH is 1. The Hall–Kier alpha value is -1.72. The van der Waals surface area contributed by atoms with Crippen molar-refractivity contribution in [2.45, 2.75) is 6.42 Å². The number of nitrogens with two attached hydrogens (primary N) is 1. The van der Waals surface area contributed by atoms with E-state index in [1.165, 1.54) is 0 Å². The van der Waals surface area contributed by atoms with Crippen molar-refractivity contribution < 1.29 is 18.2 Å². The minimum Gasteiger partial charge on any atom is -0.379 e. The molecule has 19 heavy (non-hydrogen) atoms. The maximum Gasteiger partial charge on any atom is 0.208 e. The van der Waals surface area contributed by atoms with E-state index in [-0.39, 0.29) is 23.9 Å². The van der Waals surface area contributed by atoms with Gasteiger partial charge in [-0.05, 0) is 16.7 Å². The Bertz CT molecular complexity index is 525. The van der Waals surface area contributed by atoms with E-state index in [1.54, 1.807) is 0 Å². The molecule has 0 aliphatic carbocycles. The van der Waals surface area contributed by atoms with Crippen molar-refractivity contribution >= 4 is 21.7 Å². The second kappa shape index (κ2) is 7.01. The summed E-state index contributed by atoms with van der Waals surface area (Å²) in [5, 5.41) is 18.6. The van der Waals surface area contributed by atoms with Crippen LogP contribution >= 0.6 is 0 Å².